The van der Waals surface area contributed by atoms with Gasteiger partial charge in [0, 0.05) is 9.85 Å². The van der Waals surface area contributed by atoms with Crippen LogP contribution in [0.15, 0.2) is 66.7 Å². The molecule has 0 aliphatic rings. The molecule has 0 spiro atoms. The number of rotatable bonds is 3. The van der Waals surface area contributed by atoms with Gasteiger partial charge in [0.25, 0.3) is 0 Å². The molecule has 0 saturated carbocycles. The third-order valence-corrected chi connectivity index (χ3v) is 4.58. The topological polar surface area (TPSA) is 0 Å². The van der Waals surface area contributed by atoms with Gasteiger partial charge in [-0.1, -0.05) is 82.1 Å². The Bertz CT molecular complexity index is 731. The third-order valence-electron chi connectivity index (χ3n) is 3.49. The van der Waals surface area contributed by atoms with E-state index in [1.165, 1.54) is 21.9 Å². The molecule has 0 aliphatic heterocycles. The van der Waals surface area contributed by atoms with E-state index in [9.17, 15) is 0 Å². The zero-order valence-corrected chi connectivity index (χ0v) is 13.2. The molecule has 0 heterocycles. The van der Waals surface area contributed by atoms with Gasteiger partial charge in [0.1, 0.15) is 0 Å². The molecule has 3 aromatic rings. The Morgan fingerprint density at radius 1 is 0.900 bits per heavy atom. The molecule has 100 valence electrons. The van der Waals surface area contributed by atoms with Gasteiger partial charge in [-0.25, -0.2) is 0 Å². The van der Waals surface area contributed by atoms with Crippen LogP contribution in [0, 0.1) is 0 Å². The number of fused-ring (bicyclic) bond motifs is 1. The fraction of sp³-hybridized carbons (Fsp3) is 0.111. The average molecular weight is 346 g/mol. The van der Waals surface area contributed by atoms with Crippen molar-refractivity contribution in [2.75, 3.05) is 0 Å². The normalized spacial score (nSPS) is 12.5. The Kier molecular flexibility index (Phi) is 4.09. The van der Waals surface area contributed by atoms with Crippen LogP contribution in [0.25, 0.3) is 10.8 Å². The Morgan fingerprint density at radius 3 is 2.50 bits per heavy atom. The van der Waals surface area contributed by atoms with Crippen molar-refractivity contribution in [1.82, 2.24) is 0 Å². The van der Waals surface area contributed by atoms with Crippen LogP contribution >= 0.6 is 27.5 Å². The van der Waals surface area contributed by atoms with Gasteiger partial charge in [0.05, 0.1) is 0 Å². The van der Waals surface area contributed by atoms with E-state index in [1.807, 2.05) is 18.2 Å². The molecule has 2 heteroatoms. The second kappa shape index (κ2) is 5.99. The van der Waals surface area contributed by atoms with Gasteiger partial charge in [0.15, 0.2) is 0 Å². The first-order valence-corrected chi connectivity index (χ1v) is 7.89. The highest BCUT2D eigenvalue weighted by atomic mass is 79.9. The molecule has 0 amide bonds. The van der Waals surface area contributed by atoms with E-state index < -0.39 is 0 Å². The van der Waals surface area contributed by atoms with Crippen LogP contribution < -0.4 is 0 Å². The molecule has 20 heavy (non-hydrogen) atoms. The molecule has 0 aliphatic carbocycles. The van der Waals surface area contributed by atoms with Crippen molar-refractivity contribution >= 4 is 38.3 Å². The van der Waals surface area contributed by atoms with Crippen LogP contribution in [0.2, 0.25) is 5.02 Å². The van der Waals surface area contributed by atoms with Crippen molar-refractivity contribution in [3.8, 4) is 0 Å². The summed E-state index contributed by atoms with van der Waals surface area (Å²) in [5, 5.41) is 3.39. The molecule has 0 saturated heterocycles. The summed E-state index contributed by atoms with van der Waals surface area (Å²) in [6, 6.07) is 23.0. The summed E-state index contributed by atoms with van der Waals surface area (Å²) in [6.45, 7) is 0. The summed E-state index contributed by atoms with van der Waals surface area (Å²) < 4.78 is 0. The lowest BCUT2D eigenvalue weighted by atomic mass is 9.98. The lowest BCUT2D eigenvalue weighted by Gasteiger charge is -2.13. The Hall–Kier alpha value is -1.31. The summed E-state index contributed by atoms with van der Waals surface area (Å²) in [4.78, 5) is 0.270. The molecule has 0 radical (unpaired) electrons. The predicted molar refractivity (Wildman–Crippen MR) is 90.8 cm³/mol. The average Bonchev–Trinajstić information content (AvgIpc) is 2.47. The quantitative estimate of drug-likeness (QED) is 0.498. The smallest absolute Gasteiger partial charge is 0.0436 e. The van der Waals surface area contributed by atoms with Crippen molar-refractivity contribution in [3.05, 3.63) is 82.9 Å². The van der Waals surface area contributed by atoms with Crippen LogP contribution in [-0.2, 0) is 6.42 Å². The van der Waals surface area contributed by atoms with E-state index in [2.05, 4.69) is 64.5 Å². The molecular weight excluding hydrogens is 332 g/mol. The summed E-state index contributed by atoms with van der Waals surface area (Å²) in [6.07, 6.45) is 0.946. The third kappa shape index (κ3) is 2.89. The van der Waals surface area contributed by atoms with Crippen LogP contribution in [0.5, 0.6) is 0 Å². The number of hydrogen-bond acceptors (Lipinski definition) is 0. The predicted octanol–water partition coefficient (Wildman–Crippen LogP) is 6.17. The van der Waals surface area contributed by atoms with Crippen LogP contribution in [0.4, 0.5) is 0 Å². The van der Waals surface area contributed by atoms with Gasteiger partial charge in [-0.15, -0.1) is 0 Å². The molecule has 3 rings (SSSR count). The highest BCUT2D eigenvalue weighted by molar-refractivity contribution is 9.09. The lowest BCUT2D eigenvalue weighted by molar-refractivity contribution is 0.957. The Morgan fingerprint density at radius 2 is 1.65 bits per heavy atom. The van der Waals surface area contributed by atoms with Crippen molar-refractivity contribution in [2.45, 2.75) is 11.2 Å². The number of alkyl halides is 1. The van der Waals surface area contributed by atoms with Crippen LogP contribution in [0.1, 0.15) is 16.0 Å². The fourth-order valence-electron chi connectivity index (χ4n) is 2.48. The van der Waals surface area contributed by atoms with E-state index in [-0.39, 0.29) is 4.83 Å². The number of hydrogen-bond donors (Lipinski definition) is 0. The maximum atomic E-state index is 6.07. The molecular formula is C18H14BrCl. The first kappa shape index (κ1) is 13.7. The number of halogens is 2. The second-order valence-electron chi connectivity index (χ2n) is 4.86. The highest BCUT2D eigenvalue weighted by Gasteiger charge is 2.10. The van der Waals surface area contributed by atoms with Gasteiger partial charge in [0.2, 0.25) is 0 Å². The molecule has 3 aromatic carbocycles. The van der Waals surface area contributed by atoms with E-state index >= 15 is 0 Å². The maximum absolute atomic E-state index is 6.07. The summed E-state index contributed by atoms with van der Waals surface area (Å²) in [5.41, 5.74) is 2.57. The van der Waals surface area contributed by atoms with Gasteiger partial charge in [-0.05, 0) is 40.5 Å². The summed E-state index contributed by atoms with van der Waals surface area (Å²) in [5.74, 6) is 0. The van der Waals surface area contributed by atoms with Gasteiger partial charge < -0.3 is 0 Å². The minimum Gasteiger partial charge on any atom is -0.0843 e. The first-order valence-electron chi connectivity index (χ1n) is 6.60. The fourth-order valence-corrected chi connectivity index (χ4v) is 3.32. The van der Waals surface area contributed by atoms with Gasteiger partial charge in [-0.3, -0.25) is 0 Å². The Labute approximate surface area is 132 Å². The minimum atomic E-state index is 0.270. The van der Waals surface area contributed by atoms with E-state index in [1.54, 1.807) is 0 Å². The van der Waals surface area contributed by atoms with Gasteiger partial charge >= 0.3 is 0 Å². The number of benzene rings is 3. The molecule has 0 N–H and O–H groups in total. The van der Waals surface area contributed by atoms with Crippen molar-refractivity contribution in [3.63, 3.8) is 0 Å². The Balaban J connectivity index is 1.93. The largest absolute Gasteiger partial charge is 0.0843 e. The minimum absolute atomic E-state index is 0.270. The molecule has 1 unspecified atom stereocenters. The van der Waals surface area contributed by atoms with Crippen molar-refractivity contribution in [1.29, 1.82) is 0 Å². The monoisotopic (exact) mass is 344 g/mol. The molecule has 0 aromatic heterocycles. The molecule has 0 fully saturated rings. The van der Waals surface area contributed by atoms with Crippen LogP contribution in [0.3, 0.4) is 0 Å². The standard InChI is InChI=1S/C18H14BrCl/c19-18(15-8-4-9-16(20)11-15)12-14-7-3-6-13-5-1-2-10-17(13)14/h1-11,18H,12H2. The second-order valence-corrected chi connectivity index (χ2v) is 6.41. The summed E-state index contributed by atoms with van der Waals surface area (Å²) >= 11 is 9.85. The van der Waals surface area contributed by atoms with Crippen molar-refractivity contribution in [2.24, 2.45) is 0 Å². The zero-order chi connectivity index (χ0) is 13.9. The maximum Gasteiger partial charge on any atom is 0.0436 e. The molecule has 1 atom stereocenters. The summed E-state index contributed by atoms with van der Waals surface area (Å²) in [7, 11) is 0. The molecule has 0 bridgehead atoms. The first-order chi connectivity index (χ1) is 9.74. The zero-order valence-electron chi connectivity index (χ0n) is 10.9. The SMILES string of the molecule is Clc1cccc(C(Br)Cc2cccc3ccccc23)c1. The van der Waals surface area contributed by atoms with Gasteiger partial charge in [-0.2, -0.15) is 0 Å². The van der Waals surface area contributed by atoms with E-state index in [0.29, 0.717) is 0 Å². The highest BCUT2D eigenvalue weighted by Crippen LogP contribution is 2.31. The van der Waals surface area contributed by atoms with Crippen molar-refractivity contribution < 1.29 is 0 Å². The van der Waals surface area contributed by atoms with E-state index in [4.69, 9.17) is 11.6 Å². The molecule has 0 nitrogen and oxygen atoms in total. The van der Waals surface area contributed by atoms with E-state index in [0.717, 1.165) is 11.4 Å². The lowest BCUT2D eigenvalue weighted by Crippen LogP contribution is -1.96. The van der Waals surface area contributed by atoms with Crippen LogP contribution in [-0.4, -0.2) is 0 Å².